The molecule has 0 radical (unpaired) electrons. The van der Waals surface area contributed by atoms with Gasteiger partial charge in [-0.1, -0.05) is 169 Å². The van der Waals surface area contributed by atoms with Gasteiger partial charge in [0, 0.05) is 10.8 Å². The van der Waals surface area contributed by atoms with Gasteiger partial charge in [-0.15, -0.1) is 0 Å². The molecule has 1 heterocycles. The van der Waals surface area contributed by atoms with E-state index in [1.807, 2.05) is 30.3 Å². The first kappa shape index (κ1) is 52.0. The molecule has 2 nitrogen and oxygen atoms in total. The normalized spacial score (nSPS) is 13.0. The molecule has 0 saturated heterocycles. The molecule has 382 valence electrons. The maximum absolute atomic E-state index is 6.77. The highest BCUT2D eigenvalue weighted by Gasteiger charge is 2.20. The van der Waals surface area contributed by atoms with Gasteiger partial charge in [0.05, 0.1) is 0 Å². The third-order valence-electron chi connectivity index (χ3n) is 15.4. The van der Waals surface area contributed by atoms with E-state index in [4.69, 9.17) is 9.15 Å². The molecule has 1 aromatic heterocycles. The van der Waals surface area contributed by atoms with Crippen molar-refractivity contribution in [1.82, 2.24) is 0 Å². The summed E-state index contributed by atoms with van der Waals surface area (Å²) in [4.78, 5) is 0. The van der Waals surface area contributed by atoms with E-state index in [9.17, 15) is 0 Å². The Labute approximate surface area is 457 Å². The van der Waals surface area contributed by atoms with Crippen molar-refractivity contribution in [1.29, 1.82) is 0 Å². The second kappa shape index (κ2) is 23.2. The Morgan fingerprint density at radius 1 is 0.377 bits per heavy atom. The SMILES string of the molecule is CC1=C(c2cc(-c3ccc(C)c(-c4cc(-c5ccc6oc7cccc(-c8cc(Oc9ccccc9C)c(C)c(-c9ccccc9C)c8)c7c6c5)ccc4C)c3)ccc2C)CCC=C1.CC1=CCCC=C1.Cc1ccccc1. The molecule has 0 fully saturated rings. The molecule has 0 saturated carbocycles. The Bertz CT molecular complexity index is 3920. The van der Waals surface area contributed by atoms with Gasteiger partial charge in [-0.3, -0.25) is 0 Å². The average molecular weight is 1000 g/mol. The van der Waals surface area contributed by atoms with Crippen molar-refractivity contribution >= 4 is 27.5 Å². The zero-order valence-corrected chi connectivity index (χ0v) is 46.4. The molecule has 0 bridgehead atoms. The first-order valence-electron chi connectivity index (χ1n) is 27.3. The van der Waals surface area contributed by atoms with Crippen LogP contribution in [0.15, 0.2) is 228 Å². The van der Waals surface area contributed by atoms with Crippen molar-refractivity contribution in [2.75, 3.05) is 0 Å². The van der Waals surface area contributed by atoms with Gasteiger partial charge in [0.1, 0.15) is 22.7 Å². The first-order chi connectivity index (χ1) is 37.4. The number of para-hydroxylation sites is 1. The van der Waals surface area contributed by atoms with E-state index in [1.165, 1.54) is 96.3 Å². The smallest absolute Gasteiger partial charge is 0.136 e. The Kier molecular flexibility index (Phi) is 15.7. The predicted octanol–water partition coefficient (Wildman–Crippen LogP) is 22.0. The number of furan rings is 1. The summed E-state index contributed by atoms with van der Waals surface area (Å²) in [6.45, 7) is 19.6. The zero-order valence-electron chi connectivity index (χ0n) is 46.4. The van der Waals surface area contributed by atoms with Gasteiger partial charge >= 0.3 is 0 Å². The van der Waals surface area contributed by atoms with Crippen molar-refractivity contribution in [2.24, 2.45) is 0 Å². The highest BCUT2D eigenvalue weighted by molar-refractivity contribution is 6.13. The monoisotopic (exact) mass is 1000 g/mol. The molecule has 77 heavy (non-hydrogen) atoms. The summed E-state index contributed by atoms with van der Waals surface area (Å²) < 4.78 is 13.4. The lowest BCUT2D eigenvalue weighted by Gasteiger charge is -2.18. The van der Waals surface area contributed by atoms with Gasteiger partial charge in [0.2, 0.25) is 0 Å². The van der Waals surface area contributed by atoms with Crippen molar-refractivity contribution < 1.29 is 9.15 Å². The lowest BCUT2D eigenvalue weighted by atomic mass is 9.87. The minimum absolute atomic E-state index is 0.842. The molecule has 2 aliphatic carbocycles. The van der Waals surface area contributed by atoms with Crippen LogP contribution >= 0.6 is 0 Å². The van der Waals surface area contributed by atoms with E-state index >= 15 is 0 Å². The Hall–Kier alpha value is -8.46. The van der Waals surface area contributed by atoms with Gasteiger partial charge in [-0.05, 0) is 248 Å². The summed E-state index contributed by atoms with van der Waals surface area (Å²) in [7, 11) is 0. The number of fused-ring (bicyclic) bond motifs is 3. The molecule has 0 spiro atoms. The number of aryl methyl sites for hydroxylation is 6. The molecule has 0 aliphatic heterocycles. The van der Waals surface area contributed by atoms with Gasteiger partial charge in [0.25, 0.3) is 0 Å². The van der Waals surface area contributed by atoms with Gasteiger partial charge < -0.3 is 9.15 Å². The summed E-state index contributed by atoms with van der Waals surface area (Å²) in [6, 6.07) is 65.5. The van der Waals surface area contributed by atoms with E-state index in [2.05, 4.69) is 244 Å². The van der Waals surface area contributed by atoms with Crippen molar-refractivity contribution in [3.8, 4) is 67.1 Å². The van der Waals surface area contributed by atoms with E-state index in [1.54, 1.807) is 0 Å². The Morgan fingerprint density at radius 3 is 1.56 bits per heavy atom. The number of hydrogen-bond donors (Lipinski definition) is 0. The maximum Gasteiger partial charge on any atom is 0.136 e. The molecule has 12 rings (SSSR count). The number of allylic oxidation sites excluding steroid dienone is 8. The molecular formula is C75H70O2. The lowest BCUT2D eigenvalue weighted by Crippen LogP contribution is -1.96. The number of rotatable bonds is 8. The summed E-state index contributed by atoms with van der Waals surface area (Å²) in [5, 5.41) is 2.19. The summed E-state index contributed by atoms with van der Waals surface area (Å²) in [5.41, 5.74) is 27.8. The second-order valence-electron chi connectivity index (χ2n) is 21.1. The van der Waals surface area contributed by atoms with Crippen LogP contribution in [0, 0.1) is 48.5 Å². The quantitative estimate of drug-likeness (QED) is 0.151. The number of hydrogen-bond acceptors (Lipinski definition) is 2. The van der Waals surface area contributed by atoms with Crippen molar-refractivity contribution in [3.05, 3.63) is 268 Å². The standard InChI is InChI=1S/C61H52O2.C7H10.C7H8/c1-37-15-8-11-18-49(37)52-31-44(26-23-39(52)3)45-27-24-40(4)53(32-45)54-33-46(28-25-41(54)5)47-29-30-58-56(34-47)61-51(20-14-22-59(61)63-58)48-35-55(50-19-12-9-16-38(50)2)43(7)60(36-48)62-57-21-13-10-17-42(57)6;2*1-7-5-3-2-4-6-7/h8-10,12-17,19-36H,11,18H2,1-7H3;3,5-6H,2,4H2,1H3;2-6H,1H3. The average Bonchev–Trinajstić information content (AvgIpc) is 3.83. The van der Waals surface area contributed by atoms with Crippen molar-refractivity contribution in [2.45, 2.75) is 88.0 Å². The number of benzene rings is 9. The van der Waals surface area contributed by atoms with Crippen LogP contribution in [-0.4, -0.2) is 0 Å². The van der Waals surface area contributed by atoms with Gasteiger partial charge in [-0.25, -0.2) is 0 Å². The third kappa shape index (κ3) is 11.5. The van der Waals surface area contributed by atoms with E-state index < -0.39 is 0 Å². The fourth-order valence-corrected chi connectivity index (χ4v) is 10.9. The highest BCUT2D eigenvalue weighted by Crippen LogP contribution is 2.45. The highest BCUT2D eigenvalue weighted by atomic mass is 16.5. The lowest BCUT2D eigenvalue weighted by molar-refractivity contribution is 0.476. The van der Waals surface area contributed by atoms with Gasteiger partial charge in [-0.2, -0.15) is 0 Å². The Morgan fingerprint density at radius 2 is 0.948 bits per heavy atom. The van der Waals surface area contributed by atoms with Crippen LogP contribution < -0.4 is 4.74 Å². The van der Waals surface area contributed by atoms with E-state index in [0.29, 0.717) is 0 Å². The molecule has 0 amide bonds. The summed E-state index contributed by atoms with van der Waals surface area (Å²) in [6.07, 6.45) is 15.9. The second-order valence-corrected chi connectivity index (χ2v) is 21.1. The maximum atomic E-state index is 6.77. The van der Waals surface area contributed by atoms with Gasteiger partial charge in [0.15, 0.2) is 0 Å². The minimum atomic E-state index is 0.842. The van der Waals surface area contributed by atoms with Crippen LogP contribution in [0.25, 0.3) is 83.1 Å². The molecular weight excluding hydrogens is 933 g/mol. The van der Waals surface area contributed by atoms with Crippen LogP contribution in [0.3, 0.4) is 0 Å². The molecule has 0 atom stereocenters. The van der Waals surface area contributed by atoms with Crippen LogP contribution in [-0.2, 0) is 0 Å². The summed E-state index contributed by atoms with van der Waals surface area (Å²) in [5.74, 6) is 1.70. The molecule has 2 aliphatic rings. The topological polar surface area (TPSA) is 22.4 Å². The first-order valence-corrected chi connectivity index (χ1v) is 27.3. The molecule has 2 heteroatoms. The minimum Gasteiger partial charge on any atom is -0.457 e. The third-order valence-corrected chi connectivity index (χ3v) is 15.4. The fourth-order valence-electron chi connectivity index (χ4n) is 10.9. The largest absolute Gasteiger partial charge is 0.457 e. The van der Waals surface area contributed by atoms with Crippen LogP contribution in [0.1, 0.15) is 84.0 Å². The van der Waals surface area contributed by atoms with E-state index in [-0.39, 0.29) is 0 Å². The van der Waals surface area contributed by atoms with Crippen molar-refractivity contribution in [3.63, 3.8) is 0 Å². The molecule has 9 aromatic carbocycles. The number of ether oxygens (including phenoxy) is 1. The van der Waals surface area contributed by atoms with E-state index in [0.717, 1.165) is 79.7 Å². The molecule has 0 unspecified atom stereocenters. The van der Waals surface area contributed by atoms with Crippen LogP contribution in [0.5, 0.6) is 11.5 Å². The zero-order chi connectivity index (χ0) is 53.6. The Balaban J connectivity index is 0.000000418. The van der Waals surface area contributed by atoms with Crippen LogP contribution in [0.2, 0.25) is 0 Å². The molecule has 0 N–H and O–H groups in total. The predicted molar refractivity (Wildman–Crippen MR) is 330 cm³/mol. The summed E-state index contributed by atoms with van der Waals surface area (Å²) >= 11 is 0. The fraction of sp³-hybridized carbons (Fsp3) is 0.173. The molecule has 10 aromatic rings. The van der Waals surface area contributed by atoms with Crippen LogP contribution in [0.4, 0.5) is 0 Å².